The molecule has 0 bridgehead atoms. The molecule has 0 spiro atoms. The molecule has 13 heteroatoms. The highest BCUT2D eigenvalue weighted by Crippen LogP contribution is 2.58. The van der Waals surface area contributed by atoms with Gasteiger partial charge in [-0.2, -0.15) is 48.3 Å². The number of halogens is 13. The third-order valence-electron chi connectivity index (χ3n) is 1.84. The maximum Gasteiger partial charge on any atom is 1.00 e. The van der Waals surface area contributed by atoms with Crippen LogP contribution in [0.4, 0.5) is 57.1 Å². The molecular weight excluding hydrogens is 319 g/mol. The van der Waals surface area contributed by atoms with E-state index >= 15 is 0 Å². The number of hydrogen-bond acceptors (Lipinski definition) is 0. The second-order valence-corrected chi connectivity index (χ2v) is 3.14. The summed E-state index contributed by atoms with van der Waals surface area (Å²) in [6.45, 7) is 0. The zero-order valence-corrected chi connectivity index (χ0v) is 7.99. The van der Waals surface area contributed by atoms with Crippen molar-refractivity contribution in [2.24, 2.45) is 0 Å². The molecule has 0 fully saturated rings. The normalized spacial score (nSPS) is 16.1. The Morgan fingerprint density at radius 1 is 0.526 bits per heavy atom. The Balaban J connectivity index is 0. The highest BCUT2D eigenvalue weighted by molar-refractivity contribution is 5.06. The molecule has 0 aromatic heterocycles. The van der Waals surface area contributed by atoms with Crippen LogP contribution in [0, 0.1) is 0 Å². The molecule has 0 saturated heterocycles. The second kappa shape index (κ2) is 4.30. The molecule has 0 aliphatic rings. The average molecular weight is 321 g/mol. The van der Waals surface area contributed by atoms with Crippen molar-refractivity contribution >= 4 is 0 Å². The topological polar surface area (TPSA) is 0 Å². The maximum atomic E-state index is 12.3. The average Bonchev–Trinajstić information content (AvgIpc) is 2.14. The molecule has 0 aliphatic carbocycles. The van der Waals surface area contributed by atoms with Gasteiger partial charge in [-0.05, 0) is 0 Å². The van der Waals surface area contributed by atoms with E-state index in [0.717, 1.165) is 0 Å². The zero-order valence-electron chi connectivity index (χ0n) is 8.99. The minimum atomic E-state index is -7.78. The van der Waals surface area contributed by atoms with E-state index < -0.39 is 36.3 Å². The Morgan fingerprint density at radius 2 is 0.842 bits per heavy atom. The largest absolute Gasteiger partial charge is 1.00 e. The summed E-state index contributed by atoms with van der Waals surface area (Å²) in [4.78, 5) is 0. The first-order valence-electron chi connectivity index (χ1n) is 3.80. The van der Waals surface area contributed by atoms with Crippen molar-refractivity contribution in [3.05, 3.63) is 0 Å². The van der Waals surface area contributed by atoms with Crippen LogP contribution in [0.15, 0.2) is 0 Å². The van der Waals surface area contributed by atoms with Crippen LogP contribution in [0.1, 0.15) is 1.43 Å². The molecule has 0 unspecified atom stereocenters. The summed E-state index contributed by atoms with van der Waals surface area (Å²) < 4.78 is 155. The molecule has 0 amide bonds. The molecule has 0 nitrogen and oxygen atoms in total. The zero-order chi connectivity index (χ0) is 16.1. The predicted octanol–water partition coefficient (Wildman–Crippen LogP) is 4.47. The Kier molecular flexibility index (Phi) is 4.09. The number of alkyl halides is 13. The Morgan fingerprint density at radius 3 is 1.05 bits per heavy atom. The first-order valence-corrected chi connectivity index (χ1v) is 3.80. The molecule has 0 heterocycles. The molecule has 0 radical (unpaired) electrons. The third-order valence-corrected chi connectivity index (χ3v) is 1.84. The van der Waals surface area contributed by atoms with E-state index in [1.807, 2.05) is 0 Å². The van der Waals surface area contributed by atoms with E-state index in [1.54, 1.807) is 0 Å². The van der Waals surface area contributed by atoms with E-state index in [9.17, 15) is 57.1 Å². The van der Waals surface area contributed by atoms with Crippen LogP contribution >= 0.6 is 0 Å². The lowest BCUT2D eigenvalue weighted by molar-refractivity contribution is -0.430. The minimum absolute atomic E-state index is 0. The second-order valence-electron chi connectivity index (χ2n) is 3.14. The van der Waals surface area contributed by atoms with Crippen molar-refractivity contribution in [1.82, 2.24) is 0 Å². The smallest absolute Gasteiger partial charge is 0.203 e. The van der Waals surface area contributed by atoms with Crippen LogP contribution in [-0.2, 0) is 0 Å². The lowest BCUT2D eigenvalue weighted by Gasteiger charge is -2.36. The van der Waals surface area contributed by atoms with E-state index in [1.165, 1.54) is 0 Å². The Bertz CT molecular complexity index is 328. The molecule has 0 saturated carbocycles. The van der Waals surface area contributed by atoms with E-state index in [-0.39, 0.29) is 1.43 Å². The van der Waals surface area contributed by atoms with Crippen molar-refractivity contribution < 1.29 is 58.5 Å². The third kappa shape index (κ3) is 2.30. The summed E-state index contributed by atoms with van der Waals surface area (Å²) >= 11 is 0. The molecular formula is C6H2F13+. The molecule has 0 aliphatic heterocycles. The van der Waals surface area contributed by atoms with E-state index in [4.69, 9.17) is 0 Å². The molecule has 0 atom stereocenters. The maximum absolute atomic E-state index is 12.3. The quantitative estimate of drug-likeness (QED) is 0.670. The van der Waals surface area contributed by atoms with Gasteiger partial charge in [0.2, 0.25) is 0 Å². The van der Waals surface area contributed by atoms with E-state index in [0.29, 0.717) is 0 Å². The highest BCUT2D eigenvalue weighted by atomic mass is 19.4. The van der Waals surface area contributed by atoms with Gasteiger partial charge >= 0.3 is 37.7 Å². The molecule has 116 valence electrons. The SMILES string of the molecule is FC(F)C(F)(F)C(F)(F)C(F)(F)C(F)(F)C(F)(F)F.[H+]. The fourth-order valence-electron chi connectivity index (χ4n) is 0.722. The van der Waals surface area contributed by atoms with E-state index in [2.05, 4.69) is 0 Å². The van der Waals surface area contributed by atoms with Gasteiger partial charge < -0.3 is 0 Å². The lowest BCUT2D eigenvalue weighted by atomic mass is 9.98. The predicted molar refractivity (Wildman–Crippen MR) is 33.0 cm³/mol. The van der Waals surface area contributed by atoms with Crippen LogP contribution in [0.25, 0.3) is 0 Å². The standard InChI is InChI=1S/C6HF13/c7-1(8)2(9,10)3(11,12)4(13,14)5(15,16)6(17,18)19/h1H/p+1. The number of hydrogen-bond donors (Lipinski definition) is 0. The van der Waals surface area contributed by atoms with Crippen LogP contribution in [0.2, 0.25) is 0 Å². The monoisotopic (exact) mass is 321 g/mol. The summed E-state index contributed by atoms with van der Waals surface area (Å²) in [6, 6.07) is 0. The van der Waals surface area contributed by atoms with Crippen LogP contribution in [0.5, 0.6) is 0 Å². The van der Waals surface area contributed by atoms with Crippen molar-refractivity contribution in [3.8, 4) is 0 Å². The van der Waals surface area contributed by atoms with Crippen molar-refractivity contribution in [3.63, 3.8) is 0 Å². The lowest BCUT2D eigenvalue weighted by Crippen LogP contribution is -2.67. The fraction of sp³-hybridized carbons (Fsp3) is 1.00. The first kappa shape index (κ1) is 18.1. The Hall–Kier alpha value is -0.910. The van der Waals surface area contributed by atoms with Crippen molar-refractivity contribution in [2.45, 2.75) is 36.3 Å². The summed E-state index contributed by atoms with van der Waals surface area (Å²) in [7, 11) is 0. The summed E-state index contributed by atoms with van der Waals surface area (Å²) in [5, 5.41) is 0. The molecule has 0 aromatic carbocycles. The molecule has 0 aromatic rings. The van der Waals surface area contributed by atoms with Gasteiger partial charge in [-0.25, -0.2) is 8.78 Å². The molecule has 19 heavy (non-hydrogen) atoms. The van der Waals surface area contributed by atoms with Gasteiger partial charge in [-0.1, -0.05) is 0 Å². The van der Waals surface area contributed by atoms with Crippen molar-refractivity contribution in [2.75, 3.05) is 0 Å². The molecule has 0 N–H and O–H groups in total. The highest BCUT2D eigenvalue weighted by Gasteiger charge is 2.88. The van der Waals surface area contributed by atoms with Crippen molar-refractivity contribution in [1.29, 1.82) is 0 Å². The number of rotatable bonds is 4. The fourth-order valence-corrected chi connectivity index (χ4v) is 0.722. The van der Waals surface area contributed by atoms with Gasteiger partial charge in [0.15, 0.2) is 0 Å². The van der Waals surface area contributed by atoms with Gasteiger partial charge in [0.1, 0.15) is 0 Å². The first-order chi connectivity index (χ1) is 7.94. The van der Waals surface area contributed by atoms with Crippen LogP contribution < -0.4 is 0 Å². The van der Waals surface area contributed by atoms with Crippen LogP contribution in [-0.4, -0.2) is 36.3 Å². The van der Waals surface area contributed by atoms with Gasteiger partial charge in [0.25, 0.3) is 0 Å². The van der Waals surface area contributed by atoms with Gasteiger partial charge in [-0.3, -0.25) is 0 Å². The van der Waals surface area contributed by atoms with Gasteiger partial charge in [-0.15, -0.1) is 0 Å². The summed E-state index contributed by atoms with van der Waals surface area (Å²) in [6.07, 6.45) is -12.9. The van der Waals surface area contributed by atoms with Gasteiger partial charge in [0.05, 0.1) is 0 Å². The Labute approximate surface area is 96.2 Å². The molecule has 0 rings (SSSR count). The van der Waals surface area contributed by atoms with Gasteiger partial charge in [0, 0.05) is 0 Å². The minimum Gasteiger partial charge on any atom is -0.203 e. The summed E-state index contributed by atoms with van der Waals surface area (Å²) in [5.41, 5.74) is 0. The summed E-state index contributed by atoms with van der Waals surface area (Å²) in [5.74, 6) is -30.1. The van der Waals surface area contributed by atoms with Crippen LogP contribution in [0.3, 0.4) is 0 Å².